The summed E-state index contributed by atoms with van der Waals surface area (Å²) >= 11 is 0. The van der Waals surface area contributed by atoms with Crippen molar-refractivity contribution < 1.29 is 9.47 Å². The summed E-state index contributed by atoms with van der Waals surface area (Å²) in [7, 11) is 0. The van der Waals surface area contributed by atoms with E-state index in [9.17, 15) is 0 Å². The summed E-state index contributed by atoms with van der Waals surface area (Å²) in [6.45, 7) is 16.4. The van der Waals surface area contributed by atoms with Crippen LogP contribution in [0.1, 0.15) is 74.1 Å². The molecule has 140 valence electrons. The highest BCUT2D eigenvalue weighted by Crippen LogP contribution is 2.26. The second-order valence-electron chi connectivity index (χ2n) is 7.83. The third-order valence-corrected chi connectivity index (χ3v) is 4.95. The lowest BCUT2D eigenvalue weighted by Crippen LogP contribution is -2.31. The van der Waals surface area contributed by atoms with Crippen molar-refractivity contribution in [2.75, 3.05) is 13.2 Å². The van der Waals surface area contributed by atoms with Crippen LogP contribution in [0, 0.1) is 17.2 Å². The molecule has 1 heterocycles. The average molecular weight is 339 g/mol. The Labute approximate surface area is 148 Å². The Morgan fingerprint density at radius 2 is 1.88 bits per heavy atom. The SMILES string of the molecule is CCC(=N)C/C(CC(C)C(C)C)=C(\CC)NCC1COC(C)(C)O1. The zero-order valence-electron chi connectivity index (χ0n) is 16.8. The Kier molecular flexibility index (Phi) is 8.44. The third kappa shape index (κ3) is 6.94. The molecule has 4 heteroatoms. The first-order valence-electron chi connectivity index (χ1n) is 9.51. The van der Waals surface area contributed by atoms with Crippen LogP contribution in [0.15, 0.2) is 11.3 Å². The lowest BCUT2D eigenvalue weighted by molar-refractivity contribution is -0.137. The fourth-order valence-electron chi connectivity index (χ4n) is 2.91. The van der Waals surface area contributed by atoms with Gasteiger partial charge in [0.1, 0.15) is 6.10 Å². The van der Waals surface area contributed by atoms with Crippen molar-refractivity contribution in [1.82, 2.24) is 5.32 Å². The van der Waals surface area contributed by atoms with Crippen molar-refractivity contribution in [3.63, 3.8) is 0 Å². The fourth-order valence-corrected chi connectivity index (χ4v) is 2.91. The molecule has 2 N–H and O–H groups in total. The minimum atomic E-state index is -0.470. The number of ether oxygens (including phenoxy) is 2. The molecule has 0 bridgehead atoms. The van der Waals surface area contributed by atoms with Crippen molar-refractivity contribution in [2.45, 2.75) is 86.0 Å². The first-order valence-corrected chi connectivity index (χ1v) is 9.51. The van der Waals surface area contributed by atoms with Gasteiger partial charge in [-0.2, -0.15) is 0 Å². The van der Waals surface area contributed by atoms with E-state index in [1.165, 1.54) is 11.3 Å². The highest BCUT2D eigenvalue weighted by molar-refractivity contribution is 5.83. The van der Waals surface area contributed by atoms with Crippen LogP contribution in [-0.2, 0) is 9.47 Å². The zero-order valence-corrected chi connectivity index (χ0v) is 16.8. The predicted molar refractivity (Wildman–Crippen MR) is 101 cm³/mol. The molecule has 1 aliphatic heterocycles. The number of hydrogen-bond acceptors (Lipinski definition) is 4. The minimum Gasteiger partial charge on any atom is -0.386 e. The van der Waals surface area contributed by atoms with Crippen molar-refractivity contribution in [3.05, 3.63) is 11.3 Å². The molecule has 1 aliphatic rings. The van der Waals surface area contributed by atoms with Crippen LogP contribution in [0.4, 0.5) is 0 Å². The van der Waals surface area contributed by atoms with Gasteiger partial charge in [0.05, 0.1) is 6.61 Å². The summed E-state index contributed by atoms with van der Waals surface area (Å²) in [5.41, 5.74) is 3.49. The van der Waals surface area contributed by atoms with E-state index in [-0.39, 0.29) is 6.10 Å². The van der Waals surface area contributed by atoms with Gasteiger partial charge in [-0.3, -0.25) is 0 Å². The van der Waals surface area contributed by atoms with Gasteiger partial charge < -0.3 is 20.2 Å². The molecule has 0 aromatic heterocycles. The van der Waals surface area contributed by atoms with Crippen molar-refractivity contribution >= 4 is 5.71 Å². The molecule has 0 radical (unpaired) electrons. The molecule has 0 aliphatic carbocycles. The molecule has 0 saturated carbocycles. The van der Waals surface area contributed by atoms with Gasteiger partial charge >= 0.3 is 0 Å². The number of hydrogen-bond donors (Lipinski definition) is 2. The second-order valence-corrected chi connectivity index (χ2v) is 7.83. The maximum absolute atomic E-state index is 8.13. The number of rotatable bonds is 10. The molecule has 0 aromatic rings. The monoisotopic (exact) mass is 338 g/mol. The van der Waals surface area contributed by atoms with Gasteiger partial charge in [0.15, 0.2) is 5.79 Å². The van der Waals surface area contributed by atoms with E-state index in [0.29, 0.717) is 18.4 Å². The maximum atomic E-state index is 8.13. The summed E-state index contributed by atoms with van der Waals surface area (Å²) < 4.78 is 11.5. The molecule has 4 nitrogen and oxygen atoms in total. The van der Waals surface area contributed by atoms with E-state index >= 15 is 0 Å². The first kappa shape index (κ1) is 21.2. The molecule has 0 amide bonds. The summed E-state index contributed by atoms with van der Waals surface area (Å²) in [5.74, 6) is 0.807. The van der Waals surface area contributed by atoms with Crippen LogP contribution in [-0.4, -0.2) is 30.8 Å². The Bertz CT molecular complexity index is 441. The lowest BCUT2D eigenvalue weighted by Gasteiger charge is -2.23. The smallest absolute Gasteiger partial charge is 0.163 e. The Morgan fingerprint density at radius 1 is 1.21 bits per heavy atom. The molecular weight excluding hydrogens is 300 g/mol. The molecule has 1 saturated heterocycles. The second kappa shape index (κ2) is 9.57. The summed E-state index contributed by atoms with van der Waals surface area (Å²) in [6.07, 6.45) is 3.73. The number of allylic oxidation sites excluding steroid dienone is 2. The van der Waals surface area contributed by atoms with Crippen LogP contribution >= 0.6 is 0 Å². The van der Waals surface area contributed by atoms with Crippen LogP contribution < -0.4 is 5.32 Å². The third-order valence-electron chi connectivity index (χ3n) is 4.95. The van der Waals surface area contributed by atoms with E-state index in [1.807, 2.05) is 13.8 Å². The van der Waals surface area contributed by atoms with E-state index in [2.05, 4.69) is 39.9 Å². The molecule has 2 atom stereocenters. The molecule has 0 spiro atoms. The van der Waals surface area contributed by atoms with Crippen LogP contribution in [0.2, 0.25) is 0 Å². The highest BCUT2D eigenvalue weighted by atomic mass is 16.7. The molecule has 24 heavy (non-hydrogen) atoms. The Hall–Kier alpha value is -0.870. The van der Waals surface area contributed by atoms with E-state index in [0.717, 1.165) is 37.9 Å². The van der Waals surface area contributed by atoms with Gasteiger partial charge in [0.25, 0.3) is 0 Å². The van der Waals surface area contributed by atoms with E-state index in [4.69, 9.17) is 14.9 Å². The van der Waals surface area contributed by atoms with Crippen molar-refractivity contribution in [2.24, 2.45) is 11.8 Å². The van der Waals surface area contributed by atoms with Gasteiger partial charge in [0, 0.05) is 24.4 Å². The standard InChI is InChI=1S/C20H38N2O2/c1-8-17(21)11-16(10-15(5)14(3)4)19(9-2)22-12-18-13-23-20(6,7)24-18/h14-15,18,21-22H,8-13H2,1-7H3/b19-16+,21-17?. The molecule has 1 fully saturated rings. The van der Waals surface area contributed by atoms with Crippen molar-refractivity contribution in [3.8, 4) is 0 Å². The normalized spacial score (nSPS) is 22.4. The van der Waals surface area contributed by atoms with Gasteiger partial charge in [-0.15, -0.1) is 0 Å². The lowest BCUT2D eigenvalue weighted by atomic mass is 9.87. The topological polar surface area (TPSA) is 54.3 Å². The van der Waals surface area contributed by atoms with Gasteiger partial charge in [-0.1, -0.05) is 34.6 Å². The molecule has 0 aromatic carbocycles. The highest BCUT2D eigenvalue weighted by Gasteiger charge is 2.32. The van der Waals surface area contributed by atoms with E-state index < -0.39 is 5.79 Å². The van der Waals surface area contributed by atoms with Crippen LogP contribution in [0.5, 0.6) is 0 Å². The van der Waals surface area contributed by atoms with Gasteiger partial charge in [0.2, 0.25) is 0 Å². The van der Waals surface area contributed by atoms with Gasteiger partial charge in [-0.05, 0) is 50.5 Å². The van der Waals surface area contributed by atoms with Crippen molar-refractivity contribution in [1.29, 1.82) is 5.41 Å². The van der Waals surface area contributed by atoms with E-state index in [1.54, 1.807) is 0 Å². The largest absolute Gasteiger partial charge is 0.386 e. The summed E-state index contributed by atoms with van der Waals surface area (Å²) in [5, 5.41) is 11.7. The molecule has 2 unspecified atom stereocenters. The first-order chi connectivity index (χ1) is 11.2. The fraction of sp³-hybridized carbons (Fsp3) is 0.850. The molecular formula is C20H38N2O2. The molecule has 1 rings (SSSR count). The zero-order chi connectivity index (χ0) is 18.3. The average Bonchev–Trinajstić information content (AvgIpc) is 2.86. The quantitative estimate of drug-likeness (QED) is 0.557. The van der Waals surface area contributed by atoms with Crippen LogP contribution in [0.25, 0.3) is 0 Å². The summed E-state index contributed by atoms with van der Waals surface area (Å²) in [6, 6.07) is 0. The maximum Gasteiger partial charge on any atom is 0.163 e. The van der Waals surface area contributed by atoms with Crippen LogP contribution in [0.3, 0.4) is 0 Å². The number of nitrogens with one attached hydrogen (secondary N) is 2. The Balaban J connectivity index is 2.79. The predicted octanol–water partition coefficient (Wildman–Crippen LogP) is 4.89. The van der Waals surface area contributed by atoms with Gasteiger partial charge in [-0.25, -0.2) is 0 Å². The summed E-state index contributed by atoms with van der Waals surface area (Å²) in [4.78, 5) is 0. The minimum absolute atomic E-state index is 0.0935. The Morgan fingerprint density at radius 3 is 2.33 bits per heavy atom.